The fourth-order valence-corrected chi connectivity index (χ4v) is 2.97. The van der Waals surface area contributed by atoms with Gasteiger partial charge in [0.25, 0.3) is 0 Å². The fraction of sp³-hybridized carbons (Fsp3) is 0.714. The van der Waals surface area contributed by atoms with Crippen molar-refractivity contribution in [1.82, 2.24) is 9.97 Å². The zero-order valence-corrected chi connectivity index (χ0v) is 12.2. The molecule has 3 N–H and O–H groups in total. The number of nitrogens with two attached hydrogens (primary N) is 1. The van der Waals surface area contributed by atoms with E-state index in [1.807, 2.05) is 13.1 Å². The third kappa shape index (κ3) is 3.15. The maximum absolute atomic E-state index is 5.39. The van der Waals surface area contributed by atoms with E-state index < -0.39 is 0 Å². The van der Waals surface area contributed by atoms with Crippen LogP contribution in [0, 0.1) is 12.8 Å². The van der Waals surface area contributed by atoms with Crippen molar-refractivity contribution in [1.29, 1.82) is 0 Å². The summed E-state index contributed by atoms with van der Waals surface area (Å²) in [6, 6.07) is 0.585. The molecule has 0 aliphatic heterocycles. The molecule has 1 aromatic rings. The van der Waals surface area contributed by atoms with E-state index >= 15 is 0 Å². The van der Waals surface area contributed by atoms with Crippen LogP contribution in [0.4, 0.5) is 11.8 Å². The van der Waals surface area contributed by atoms with Crippen LogP contribution in [0.25, 0.3) is 0 Å². The van der Waals surface area contributed by atoms with Crippen molar-refractivity contribution in [2.45, 2.75) is 52.0 Å². The summed E-state index contributed by atoms with van der Waals surface area (Å²) in [5.74, 6) is 7.77. The standard InChI is InChI=1S/C14H25N5/c1-4-11-5-7-12(8-6-11)19(3)13-10(2)9-16-14(17-13)18-15/h9,11-12H,4-8,15H2,1-3H3,(H,16,17,18). The fourth-order valence-electron chi connectivity index (χ4n) is 2.97. The Morgan fingerprint density at radius 2 is 2.05 bits per heavy atom. The van der Waals surface area contributed by atoms with Crippen LogP contribution in [-0.2, 0) is 0 Å². The Balaban J connectivity index is 2.09. The number of nitrogens with zero attached hydrogens (tertiary/aromatic N) is 3. The van der Waals surface area contributed by atoms with Crippen molar-refractivity contribution in [3.63, 3.8) is 0 Å². The van der Waals surface area contributed by atoms with E-state index in [2.05, 4.69) is 34.3 Å². The molecule has 0 spiro atoms. The van der Waals surface area contributed by atoms with Crippen molar-refractivity contribution in [2.75, 3.05) is 17.4 Å². The molecule has 1 aromatic heterocycles. The second-order valence-electron chi connectivity index (χ2n) is 5.54. The van der Waals surface area contributed by atoms with Crippen LogP contribution in [0.1, 0.15) is 44.6 Å². The minimum atomic E-state index is 0.481. The van der Waals surface area contributed by atoms with E-state index in [-0.39, 0.29) is 0 Å². The summed E-state index contributed by atoms with van der Waals surface area (Å²) in [7, 11) is 2.13. The highest BCUT2D eigenvalue weighted by atomic mass is 15.3. The zero-order valence-electron chi connectivity index (χ0n) is 12.2. The number of aryl methyl sites for hydroxylation is 1. The average molecular weight is 263 g/mol. The highest BCUT2D eigenvalue weighted by Crippen LogP contribution is 2.31. The molecule has 0 radical (unpaired) electrons. The molecule has 0 saturated heterocycles. The van der Waals surface area contributed by atoms with E-state index in [4.69, 9.17) is 5.84 Å². The minimum absolute atomic E-state index is 0.481. The molecule has 1 heterocycles. The quantitative estimate of drug-likeness (QED) is 0.645. The summed E-state index contributed by atoms with van der Waals surface area (Å²) in [6.45, 7) is 4.34. The van der Waals surface area contributed by atoms with Gasteiger partial charge < -0.3 is 4.90 Å². The van der Waals surface area contributed by atoms with Crippen LogP contribution >= 0.6 is 0 Å². The lowest BCUT2D eigenvalue weighted by Gasteiger charge is -2.35. The molecule has 0 unspecified atom stereocenters. The molecule has 1 aliphatic carbocycles. The van der Waals surface area contributed by atoms with E-state index in [0.717, 1.165) is 17.3 Å². The van der Waals surface area contributed by atoms with Crippen LogP contribution in [0.2, 0.25) is 0 Å². The molecule has 0 amide bonds. The molecule has 0 atom stereocenters. The van der Waals surface area contributed by atoms with Crippen LogP contribution in [-0.4, -0.2) is 23.1 Å². The summed E-state index contributed by atoms with van der Waals surface area (Å²) < 4.78 is 0. The lowest BCUT2D eigenvalue weighted by atomic mass is 9.84. The number of hydrogen-bond acceptors (Lipinski definition) is 5. The van der Waals surface area contributed by atoms with E-state index in [1.165, 1.54) is 32.1 Å². The van der Waals surface area contributed by atoms with Gasteiger partial charge >= 0.3 is 0 Å². The number of anilines is 2. The maximum Gasteiger partial charge on any atom is 0.239 e. The molecule has 1 aliphatic rings. The SMILES string of the molecule is CCC1CCC(N(C)c2nc(NN)ncc2C)CC1. The summed E-state index contributed by atoms with van der Waals surface area (Å²) in [5, 5.41) is 0. The molecule has 2 rings (SSSR count). The number of rotatable bonds is 4. The van der Waals surface area contributed by atoms with Gasteiger partial charge in [-0.05, 0) is 38.5 Å². The topological polar surface area (TPSA) is 67.1 Å². The van der Waals surface area contributed by atoms with Crippen molar-refractivity contribution < 1.29 is 0 Å². The van der Waals surface area contributed by atoms with Crippen molar-refractivity contribution in [3.05, 3.63) is 11.8 Å². The Morgan fingerprint density at radius 1 is 1.37 bits per heavy atom. The third-order valence-corrected chi connectivity index (χ3v) is 4.35. The Bertz CT molecular complexity index is 412. The van der Waals surface area contributed by atoms with Gasteiger partial charge in [0.2, 0.25) is 5.95 Å². The van der Waals surface area contributed by atoms with Crippen LogP contribution < -0.4 is 16.2 Å². The number of hydrogen-bond donors (Lipinski definition) is 2. The highest BCUT2D eigenvalue weighted by Gasteiger charge is 2.24. The molecule has 0 bridgehead atoms. The smallest absolute Gasteiger partial charge is 0.239 e. The van der Waals surface area contributed by atoms with Crippen LogP contribution in [0.15, 0.2) is 6.20 Å². The number of aromatic nitrogens is 2. The number of hydrazine groups is 1. The highest BCUT2D eigenvalue weighted by molar-refractivity contribution is 5.48. The lowest BCUT2D eigenvalue weighted by molar-refractivity contribution is 0.312. The first-order valence-electron chi connectivity index (χ1n) is 7.18. The molecule has 1 fully saturated rings. The Hall–Kier alpha value is -1.36. The molecular weight excluding hydrogens is 238 g/mol. The normalized spacial score (nSPS) is 23.2. The van der Waals surface area contributed by atoms with Crippen molar-refractivity contribution in [2.24, 2.45) is 11.8 Å². The lowest BCUT2D eigenvalue weighted by Crippen LogP contribution is -2.36. The van der Waals surface area contributed by atoms with Gasteiger partial charge in [-0.3, -0.25) is 5.43 Å². The summed E-state index contributed by atoms with van der Waals surface area (Å²) >= 11 is 0. The summed E-state index contributed by atoms with van der Waals surface area (Å²) in [4.78, 5) is 10.9. The van der Waals surface area contributed by atoms with E-state index in [0.29, 0.717) is 12.0 Å². The third-order valence-electron chi connectivity index (χ3n) is 4.35. The molecule has 106 valence electrons. The predicted molar refractivity (Wildman–Crippen MR) is 79.0 cm³/mol. The minimum Gasteiger partial charge on any atom is -0.356 e. The Kier molecular flexibility index (Phi) is 4.58. The van der Waals surface area contributed by atoms with Gasteiger partial charge in [0.15, 0.2) is 0 Å². The van der Waals surface area contributed by atoms with Crippen LogP contribution in [0.5, 0.6) is 0 Å². The number of nitrogens with one attached hydrogen (secondary N) is 1. The molecule has 5 heteroatoms. The number of nitrogen functional groups attached to an aromatic ring is 1. The van der Waals surface area contributed by atoms with Crippen molar-refractivity contribution >= 4 is 11.8 Å². The second kappa shape index (κ2) is 6.19. The summed E-state index contributed by atoms with van der Waals surface area (Å²) in [6.07, 6.45) is 8.30. The first-order chi connectivity index (χ1) is 9.15. The predicted octanol–water partition coefficient (Wildman–Crippen LogP) is 2.48. The largest absolute Gasteiger partial charge is 0.356 e. The second-order valence-corrected chi connectivity index (χ2v) is 5.54. The van der Waals surface area contributed by atoms with E-state index in [9.17, 15) is 0 Å². The van der Waals surface area contributed by atoms with Gasteiger partial charge in [-0.1, -0.05) is 13.3 Å². The first kappa shape index (κ1) is 14.1. The van der Waals surface area contributed by atoms with Gasteiger partial charge in [-0.2, -0.15) is 4.98 Å². The molecule has 19 heavy (non-hydrogen) atoms. The van der Waals surface area contributed by atoms with Gasteiger partial charge in [-0.15, -0.1) is 0 Å². The van der Waals surface area contributed by atoms with Gasteiger partial charge in [0.05, 0.1) is 0 Å². The zero-order chi connectivity index (χ0) is 13.8. The Labute approximate surface area is 115 Å². The van der Waals surface area contributed by atoms with Gasteiger partial charge in [-0.25, -0.2) is 10.8 Å². The molecule has 0 aromatic carbocycles. The maximum atomic E-state index is 5.39. The average Bonchev–Trinajstić information content (AvgIpc) is 2.47. The Morgan fingerprint density at radius 3 is 2.63 bits per heavy atom. The van der Waals surface area contributed by atoms with E-state index in [1.54, 1.807) is 0 Å². The summed E-state index contributed by atoms with van der Waals surface area (Å²) in [5.41, 5.74) is 3.62. The molecule has 1 saturated carbocycles. The van der Waals surface area contributed by atoms with Crippen molar-refractivity contribution in [3.8, 4) is 0 Å². The molecular formula is C14H25N5. The molecule has 5 nitrogen and oxygen atoms in total. The monoisotopic (exact) mass is 263 g/mol. The van der Waals surface area contributed by atoms with Gasteiger partial charge in [0, 0.05) is 24.8 Å². The first-order valence-corrected chi connectivity index (χ1v) is 7.18. The van der Waals surface area contributed by atoms with Gasteiger partial charge in [0.1, 0.15) is 5.82 Å². The van der Waals surface area contributed by atoms with Crippen LogP contribution in [0.3, 0.4) is 0 Å².